The highest BCUT2D eigenvalue weighted by Crippen LogP contribution is 2.41. The summed E-state index contributed by atoms with van der Waals surface area (Å²) in [6.45, 7) is 15.2. The van der Waals surface area contributed by atoms with E-state index < -0.39 is 59.5 Å². The van der Waals surface area contributed by atoms with Crippen LogP contribution in [0.4, 0.5) is 0 Å². The lowest BCUT2D eigenvalue weighted by atomic mass is 10.0. The topological polar surface area (TPSA) is 167 Å². The molecular formula is C44H50O14. The molecule has 14 heteroatoms. The molecule has 0 radical (unpaired) electrons. The fourth-order valence-corrected chi connectivity index (χ4v) is 8.15. The Morgan fingerprint density at radius 3 is 1.28 bits per heavy atom. The molecule has 0 amide bonds. The first-order valence-corrected chi connectivity index (χ1v) is 19.5. The van der Waals surface area contributed by atoms with Gasteiger partial charge in [0.25, 0.3) is 0 Å². The van der Waals surface area contributed by atoms with Crippen molar-refractivity contribution >= 4 is 33.5 Å². The number of hydrogen-bond acceptors (Lipinski definition) is 12. The van der Waals surface area contributed by atoms with Gasteiger partial charge in [-0.05, 0) is 124 Å². The summed E-state index contributed by atoms with van der Waals surface area (Å²) in [5, 5.41) is 23.5. The monoisotopic (exact) mass is 802 g/mol. The summed E-state index contributed by atoms with van der Waals surface area (Å²) in [6, 6.07) is 18.1. The van der Waals surface area contributed by atoms with Crippen LogP contribution < -0.4 is 9.47 Å². The number of ether oxygens (including phenoxy) is 10. The van der Waals surface area contributed by atoms with Crippen molar-refractivity contribution in [2.24, 2.45) is 0 Å². The SMILES string of the molecule is CC1(C)O[C@@H]([C@H]2OC(C)(C)O[C@@H]2COc2cc3ccc([C@H]4COC(C)(C)O4)cc3cc2C(=O)O)[C@H](COc2cc3ccc([C@H]4COC(C)(C)O4)cc3cc2C(=O)O)O1. The summed E-state index contributed by atoms with van der Waals surface area (Å²) in [5.74, 6) is -5.45. The number of rotatable bonds is 11. The highest BCUT2D eigenvalue weighted by Gasteiger charge is 2.54. The molecule has 58 heavy (non-hydrogen) atoms. The maximum Gasteiger partial charge on any atom is 0.339 e. The van der Waals surface area contributed by atoms with Crippen LogP contribution in [0.1, 0.15) is 99.4 Å². The van der Waals surface area contributed by atoms with Gasteiger partial charge in [-0.3, -0.25) is 0 Å². The second kappa shape index (κ2) is 14.7. The number of carboxylic acid groups (broad SMARTS) is 2. The predicted octanol–water partition coefficient (Wildman–Crippen LogP) is 7.54. The van der Waals surface area contributed by atoms with E-state index in [9.17, 15) is 19.8 Å². The maximum absolute atomic E-state index is 12.5. The Bertz CT molecular complexity index is 2090. The van der Waals surface area contributed by atoms with Gasteiger partial charge in [-0.25, -0.2) is 9.59 Å². The van der Waals surface area contributed by atoms with Crippen LogP contribution in [0.2, 0.25) is 0 Å². The van der Waals surface area contributed by atoms with Gasteiger partial charge < -0.3 is 57.6 Å². The van der Waals surface area contributed by atoms with Crippen molar-refractivity contribution in [3.8, 4) is 11.5 Å². The lowest BCUT2D eigenvalue weighted by Gasteiger charge is -2.26. The molecule has 4 fully saturated rings. The van der Waals surface area contributed by atoms with Crippen molar-refractivity contribution in [2.75, 3.05) is 26.4 Å². The second-order valence-electron chi connectivity index (χ2n) is 17.1. The van der Waals surface area contributed by atoms with Crippen LogP contribution in [0, 0.1) is 0 Å². The van der Waals surface area contributed by atoms with Crippen LogP contribution in [0.15, 0.2) is 60.7 Å². The van der Waals surface area contributed by atoms with Crippen molar-refractivity contribution in [2.45, 2.75) is 115 Å². The minimum atomic E-state index is -1.15. The maximum atomic E-state index is 12.5. The fraction of sp³-hybridized carbons (Fsp3) is 0.500. The molecule has 6 atom stereocenters. The van der Waals surface area contributed by atoms with Crippen molar-refractivity contribution in [3.05, 3.63) is 82.9 Å². The zero-order valence-corrected chi connectivity index (χ0v) is 33.9. The Balaban J connectivity index is 1.00. The first-order valence-electron chi connectivity index (χ1n) is 19.5. The molecule has 0 spiro atoms. The summed E-state index contributed by atoms with van der Waals surface area (Å²) in [7, 11) is 0. The molecule has 4 aliphatic heterocycles. The Morgan fingerprint density at radius 2 is 0.931 bits per heavy atom. The van der Waals surface area contributed by atoms with Crippen LogP contribution in [0.25, 0.3) is 21.5 Å². The molecule has 4 heterocycles. The third-order valence-electron chi connectivity index (χ3n) is 10.7. The van der Waals surface area contributed by atoms with Crippen LogP contribution in [-0.2, 0) is 37.9 Å². The van der Waals surface area contributed by atoms with E-state index in [1.807, 2.05) is 64.1 Å². The number of aromatic carboxylic acids is 2. The molecule has 0 aliphatic carbocycles. The van der Waals surface area contributed by atoms with Gasteiger partial charge in [0.1, 0.15) is 72.5 Å². The minimum absolute atomic E-state index is 0.0122. The molecule has 8 rings (SSSR count). The van der Waals surface area contributed by atoms with Gasteiger partial charge in [0.2, 0.25) is 0 Å². The molecule has 2 N–H and O–H groups in total. The average Bonchev–Trinajstić information content (AvgIpc) is 3.89. The molecule has 14 nitrogen and oxygen atoms in total. The summed E-state index contributed by atoms with van der Waals surface area (Å²) in [6.07, 6.45) is -3.45. The molecule has 0 aromatic heterocycles. The van der Waals surface area contributed by atoms with Gasteiger partial charge >= 0.3 is 11.9 Å². The third-order valence-corrected chi connectivity index (χ3v) is 10.7. The van der Waals surface area contributed by atoms with E-state index in [-0.39, 0.29) is 48.0 Å². The van der Waals surface area contributed by atoms with E-state index in [1.54, 1.807) is 52.0 Å². The molecule has 4 aromatic carbocycles. The molecular weight excluding hydrogens is 752 g/mol. The van der Waals surface area contributed by atoms with Crippen LogP contribution >= 0.6 is 0 Å². The molecule has 4 aliphatic rings. The standard InChI is InChI=1S/C44H50O14/c1-41(2)51-21-33(53-41)25-11-9-23-17-31(29(39(45)46)15-27(23)13-25)49-19-35-37(57-43(5,6)55-35)38-36(56-44(7,8)58-38)20-50-32-18-24-10-12-26(34-22-52-42(3,4)54-34)14-28(24)16-30(32)40(47)48/h9-18,33-38H,19-22H2,1-8H3,(H,45,46)(H,47,48)/t33-,34-,35-,36+,37+,38-/m1/s1. The van der Waals surface area contributed by atoms with Gasteiger partial charge in [-0.15, -0.1) is 0 Å². The lowest BCUT2D eigenvalue weighted by Crippen LogP contribution is -2.45. The highest BCUT2D eigenvalue weighted by molar-refractivity contribution is 5.99. The Morgan fingerprint density at radius 1 is 0.534 bits per heavy atom. The number of carbonyl (C=O) groups is 2. The van der Waals surface area contributed by atoms with E-state index in [0.717, 1.165) is 32.7 Å². The third kappa shape index (κ3) is 8.38. The fourth-order valence-electron chi connectivity index (χ4n) is 8.15. The zero-order valence-electron chi connectivity index (χ0n) is 33.9. The van der Waals surface area contributed by atoms with Crippen molar-refractivity contribution in [1.82, 2.24) is 0 Å². The second-order valence-corrected chi connectivity index (χ2v) is 17.1. The molecule has 4 aromatic rings. The molecule has 4 saturated heterocycles. The summed E-state index contributed by atoms with van der Waals surface area (Å²) >= 11 is 0. The van der Waals surface area contributed by atoms with Crippen LogP contribution in [0.3, 0.4) is 0 Å². The van der Waals surface area contributed by atoms with E-state index in [0.29, 0.717) is 13.2 Å². The van der Waals surface area contributed by atoms with Gasteiger partial charge in [0.15, 0.2) is 23.1 Å². The number of carboxylic acids is 2. The molecule has 310 valence electrons. The summed E-state index contributed by atoms with van der Waals surface area (Å²) in [5.41, 5.74) is 1.74. The van der Waals surface area contributed by atoms with E-state index in [4.69, 9.17) is 47.4 Å². The quantitative estimate of drug-likeness (QED) is 0.153. The predicted molar refractivity (Wildman–Crippen MR) is 208 cm³/mol. The van der Waals surface area contributed by atoms with Crippen molar-refractivity contribution in [1.29, 1.82) is 0 Å². The summed E-state index contributed by atoms with van der Waals surface area (Å²) < 4.78 is 61.4. The summed E-state index contributed by atoms with van der Waals surface area (Å²) in [4.78, 5) is 25.0. The van der Waals surface area contributed by atoms with E-state index in [1.165, 1.54) is 0 Å². The lowest BCUT2D eigenvalue weighted by molar-refractivity contribution is -0.175. The molecule has 0 bridgehead atoms. The Kier molecular flexibility index (Phi) is 10.2. The van der Waals surface area contributed by atoms with Gasteiger partial charge in [0.05, 0.1) is 13.2 Å². The largest absolute Gasteiger partial charge is 0.490 e. The van der Waals surface area contributed by atoms with E-state index >= 15 is 0 Å². The van der Waals surface area contributed by atoms with Crippen LogP contribution in [0.5, 0.6) is 11.5 Å². The normalized spacial score (nSPS) is 28.3. The van der Waals surface area contributed by atoms with Gasteiger partial charge in [-0.2, -0.15) is 0 Å². The number of hydrogen-bond donors (Lipinski definition) is 2. The van der Waals surface area contributed by atoms with Crippen molar-refractivity contribution < 1.29 is 67.2 Å². The van der Waals surface area contributed by atoms with E-state index in [2.05, 4.69) is 0 Å². The Hall–Kier alpha value is -4.38. The van der Waals surface area contributed by atoms with Gasteiger partial charge in [0, 0.05) is 0 Å². The number of benzene rings is 4. The van der Waals surface area contributed by atoms with Crippen molar-refractivity contribution in [3.63, 3.8) is 0 Å². The number of fused-ring (bicyclic) bond motifs is 2. The first-order chi connectivity index (χ1) is 27.2. The molecule has 0 unspecified atom stereocenters. The smallest absolute Gasteiger partial charge is 0.339 e. The van der Waals surface area contributed by atoms with Crippen LogP contribution in [-0.4, -0.2) is 96.1 Å². The molecule has 0 saturated carbocycles. The Labute approximate surface area is 336 Å². The van der Waals surface area contributed by atoms with Gasteiger partial charge in [-0.1, -0.05) is 24.3 Å². The zero-order chi connectivity index (χ0) is 41.4. The minimum Gasteiger partial charge on any atom is -0.490 e. The average molecular weight is 803 g/mol. The first kappa shape index (κ1) is 40.4. The highest BCUT2D eigenvalue weighted by atomic mass is 16.8.